The number of nitrogens with zero attached hydrogens (tertiary/aromatic N) is 2. The molecule has 5 heteroatoms. The Morgan fingerprint density at radius 3 is 2.56 bits per heavy atom. The van der Waals surface area contributed by atoms with Gasteiger partial charge in [-0.1, -0.05) is 30.3 Å². The van der Waals surface area contributed by atoms with Crippen LogP contribution in [0.25, 0.3) is 0 Å². The number of benzene rings is 1. The lowest BCUT2D eigenvalue weighted by Gasteiger charge is -2.30. The predicted octanol–water partition coefficient (Wildman–Crippen LogP) is 0.429. The number of rotatable bonds is 3. The first-order valence-corrected chi connectivity index (χ1v) is 6.34. The fraction of sp³-hybridized carbons (Fsp3) is 0.462. The molecule has 1 heterocycles. The molecule has 5 nitrogen and oxygen atoms in total. The summed E-state index contributed by atoms with van der Waals surface area (Å²) < 4.78 is 0. The molecule has 1 saturated heterocycles. The summed E-state index contributed by atoms with van der Waals surface area (Å²) in [4.78, 5) is 6.78. The second-order valence-electron chi connectivity index (χ2n) is 4.65. The molecule has 0 aliphatic carbocycles. The van der Waals surface area contributed by atoms with E-state index in [1.165, 1.54) is 5.56 Å². The number of likely N-dealkylation sites (tertiary alicyclic amines) is 1. The molecule has 0 radical (unpaired) electrons. The van der Waals surface area contributed by atoms with Gasteiger partial charge in [-0.25, -0.2) is 10.8 Å². The lowest BCUT2D eigenvalue weighted by atomic mass is 10.0. The van der Waals surface area contributed by atoms with Crippen molar-refractivity contribution in [2.45, 2.75) is 25.4 Å². The van der Waals surface area contributed by atoms with Crippen LogP contribution in [0.4, 0.5) is 0 Å². The van der Waals surface area contributed by atoms with Crippen LogP contribution >= 0.6 is 0 Å². The molecule has 2 rings (SSSR count). The largest absolute Gasteiger partial charge is 0.369 e. The molecule has 98 valence electrons. The summed E-state index contributed by atoms with van der Waals surface area (Å²) in [6.07, 6.45) is 2.07. The summed E-state index contributed by atoms with van der Waals surface area (Å²) >= 11 is 0. The molecule has 5 N–H and O–H groups in total. The zero-order valence-electron chi connectivity index (χ0n) is 10.5. The second-order valence-corrected chi connectivity index (χ2v) is 4.65. The van der Waals surface area contributed by atoms with E-state index in [1.807, 2.05) is 6.07 Å². The summed E-state index contributed by atoms with van der Waals surface area (Å²) in [7, 11) is 0. The van der Waals surface area contributed by atoms with Crippen molar-refractivity contribution in [1.29, 1.82) is 0 Å². The van der Waals surface area contributed by atoms with E-state index in [0.29, 0.717) is 12.0 Å². The number of guanidine groups is 1. The molecule has 1 aromatic rings. The Morgan fingerprint density at radius 2 is 1.94 bits per heavy atom. The van der Waals surface area contributed by atoms with E-state index in [-0.39, 0.29) is 0 Å². The SMILES string of the molecule is NNC(N)=NC1CCN(Cc2ccccc2)CC1. The zero-order valence-corrected chi connectivity index (χ0v) is 10.5. The van der Waals surface area contributed by atoms with Gasteiger partial charge in [-0.05, 0) is 18.4 Å². The minimum atomic E-state index is 0.299. The highest BCUT2D eigenvalue weighted by Crippen LogP contribution is 2.15. The van der Waals surface area contributed by atoms with Gasteiger partial charge in [0, 0.05) is 19.6 Å². The highest BCUT2D eigenvalue weighted by Gasteiger charge is 2.18. The lowest BCUT2D eigenvalue weighted by molar-refractivity contribution is 0.206. The van der Waals surface area contributed by atoms with Crippen molar-refractivity contribution in [1.82, 2.24) is 10.3 Å². The van der Waals surface area contributed by atoms with Crippen LogP contribution in [0, 0.1) is 0 Å². The van der Waals surface area contributed by atoms with E-state index >= 15 is 0 Å². The zero-order chi connectivity index (χ0) is 12.8. The van der Waals surface area contributed by atoms with Gasteiger partial charge >= 0.3 is 0 Å². The summed E-state index contributed by atoms with van der Waals surface area (Å²) in [5.41, 5.74) is 9.30. The van der Waals surface area contributed by atoms with E-state index in [4.69, 9.17) is 11.6 Å². The summed E-state index contributed by atoms with van der Waals surface area (Å²) in [5.74, 6) is 5.53. The number of hydrogen-bond acceptors (Lipinski definition) is 3. The fourth-order valence-corrected chi connectivity index (χ4v) is 2.28. The van der Waals surface area contributed by atoms with Gasteiger partial charge in [0.25, 0.3) is 0 Å². The molecule has 1 aliphatic rings. The van der Waals surface area contributed by atoms with Gasteiger partial charge in [0.15, 0.2) is 0 Å². The van der Waals surface area contributed by atoms with Gasteiger partial charge in [0.1, 0.15) is 0 Å². The average molecular weight is 247 g/mol. The van der Waals surface area contributed by atoms with Crippen LogP contribution in [0.15, 0.2) is 35.3 Å². The Labute approximate surface area is 108 Å². The summed E-state index contributed by atoms with van der Waals surface area (Å²) in [6, 6.07) is 10.8. The van der Waals surface area contributed by atoms with Crippen LogP contribution in [0.5, 0.6) is 0 Å². The third kappa shape index (κ3) is 3.72. The Balaban J connectivity index is 1.80. The van der Waals surface area contributed by atoms with Crippen molar-refractivity contribution in [2.75, 3.05) is 13.1 Å². The summed E-state index contributed by atoms with van der Waals surface area (Å²) in [6.45, 7) is 3.13. The van der Waals surface area contributed by atoms with Crippen molar-refractivity contribution in [2.24, 2.45) is 16.6 Å². The van der Waals surface area contributed by atoms with Crippen molar-refractivity contribution in [3.63, 3.8) is 0 Å². The number of aliphatic imine (C=N–C) groups is 1. The molecule has 0 bridgehead atoms. The third-order valence-electron chi connectivity index (χ3n) is 3.28. The molecule has 0 atom stereocenters. The standard InChI is InChI=1S/C13H21N5/c14-13(17-15)16-12-6-8-18(9-7-12)10-11-4-2-1-3-5-11/h1-5,12H,6-10,15H2,(H3,14,16,17). The third-order valence-corrected chi connectivity index (χ3v) is 3.28. The molecule has 0 amide bonds. The minimum absolute atomic E-state index is 0.299. The van der Waals surface area contributed by atoms with Gasteiger partial charge in [0.05, 0.1) is 6.04 Å². The number of hydrazine groups is 1. The Morgan fingerprint density at radius 1 is 1.28 bits per heavy atom. The molecule has 1 aromatic carbocycles. The fourth-order valence-electron chi connectivity index (χ4n) is 2.28. The van der Waals surface area contributed by atoms with Gasteiger partial charge in [-0.3, -0.25) is 10.3 Å². The first-order valence-electron chi connectivity index (χ1n) is 6.34. The summed E-state index contributed by atoms with van der Waals surface area (Å²) in [5, 5.41) is 0. The van der Waals surface area contributed by atoms with Crippen LogP contribution in [-0.2, 0) is 6.54 Å². The van der Waals surface area contributed by atoms with Crippen LogP contribution in [-0.4, -0.2) is 30.0 Å². The topological polar surface area (TPSA) is 79.7 Å². The van der Waals surface area contributed by atoms with E-state index in [2.05, 4.69) is 39.6 Å². The maximum absolute atomic E-state index is 5.56. The lowest BCUT2D eigenvalue weighted by Crippen LogP contribution is -2.40. The van der Waals surface area contributed by atoms with E-state index in [0.717, 1.165) is 32.5 Å². The maximum Gasteiger partial charge on any atom is 0.203 e. The highest BCUT2D eigenvalue weighted by atomic mass is 15.3. The number of nitrogens with one attached hydrogen (secondary N) is 1. The van der Waals surface area contributed by atoms with E-state index in [1.54, 1.807) is 0 Å². The van der Waals surface area contributed by atoms with Crippen molar-refractivity contribution >= 4 is 5.96 Å². The Hall–Kier alpha value is -1.59. The number of piperidine rings is 1. The number of nitrogens with two attached hydrogens (primary N) is 2. The first-order chi connectivity index (χ1) is 8.78. The molecular formula is C13H21N5. The smallest absolute Gasteiger partial charge is 0.203 e. The van der Waals surface area contributed by atoms with Gasteiger partial charge < -0.3 is 5.73 Å². The monoisotopic (exact) mass is 247 g/mol. The molecule has 0 spiro atoms. The van der Waals surface area contributed by atoms with Crippen molar-refractivity contribution in [3.8, 4) is 0 Å². The molecule has 1 aliphatic heterocycles. The average Bonchev–Trinajstić information content (AvgIpc) is 2.42. The molecular weight excluding hydrogens is 226 g/mol. The van der Waals surface area contributed by atoms with E-state index in [9.17, 15) is 0 Å². The van der Waals surface area contributed by atoms with Gasteiger partial charge in [-0.2, -0.15) is 0 Å². The normalized spacial score (nSPS) is 18.8. The van der Waals surface area contributed by atoms with Crippen molar-refractivity contribution < 1.29 is 0 Å². The second kappa shape index (κ2) is 6.37. The van der Waals surface area contributed by atoms with Crippen LogP contribution in [0.1, 0.15) is 18.4 Å². The van der Waals surface area contributed by atoms with Crippen LogP contribution in [0.2, 0.25) is 0 Å². The Kier molecular flexibility index (Phi) is 4.55. The highest BCUT2D eigenvalue weighted by molar-refractivity contribution is 5.77. The van der Waals surface area contributed by atoms with Gasteiger partial charge in [-0.15, -0.1) is 0 Å². The Bertz CT molecular complexity index is 382. The molecule has 0 aromatic heterocycles. The molecule has 0 unspecified atom stereocenters. The van der Waals surface area contributed by atoms with Crippen LogP contribution in [0.3, 0.4) is 0 Å². The molecule has 18 heavy (non-hydrogen) atoms. The van der Waals surface area contributed by atoms with E-state index < -0.39 is 0 Å². The first kappa shape index (κ1) is 12.9. The van der Waals surface area contributed by atoms with Gasteiger partial charge in [0.2, 0.25) is 5.96 Å². The predicted molar refractivity (Wildman–Crippen MR) is 73.7 cm³/mol. The quantitative estimate of drug-likeness (QED) is 0.313. The molecule has 0 saturated carbocycles. The van der Waals surface area contributed by atoms with Crippen LogP contribution < -0.4 is 17.0 Å². The van der Waals surface area contributed by atoms with Crippen molar-refractivity contribution in [3.05, 3.63) is 35.9 Å². The maximum atomic E-state index is 5.56. The molecule has 1 fully saturated rings. The minimum Gasteiger partial charge on any atom is -0.369 e. The number of hydrogen-bond donors (Lipinski definition) is 3.